The first-order chi connectivity index (χ1) is 13.6. The standard InChI is InChI=1S/C18H13ClN6OS2/c19-13-5-3-11(4-6-13)16-23-24-18(27)25(16)9-15(26)22-17-21-14(10-28-17)12-2-1-7-20-8-12/h1-8,10H,9H2,(H,24,27)(H,21,22,26). The first-order valence-corrected chi connectivity index (χ1v) is 9.83. The van der Waals surface area contributed by atoms with Crippen molar-refractivity contribution in [2.75, 3.05) is 5.32 Å². The third kappa shape index (κ3) is 4.01. The van der Waals surface area contributed by atoms with Crippen LogP contribution in [0.5, 0.6) is 0 Å². The molecule has 0 unspecified atom stereocenters. The number of hydrogen-bond acceptors (Lipinski definition) is 6. The minimum atomic E-state index is -0.250. The predicted molar refractivity (Wildman–Crippen MR) is 112 cm³/mol. The largest absolute Gasteiger partial charge is 0.300 e. The first-order valence-electron chi connectivity index (χ1n) is 8.17. The summed E-state index contributed by atoms with van der Waals surface area (Å²) in [4.78, 5) is 21.0. The number of anilines is 1. The molecule has 0 bridgehead atoms. The van der Waals surface area contributed by atoms with Gasteiger partial charge in [-0.15, -0.1) is 11.3 Å². The van der Waals surface area contributed by atoms with Gasteiger partial charge in [-0.05, 0) is 48.6 Å². The van der Waals surface area contributed by atoms with E-state index in [1.165, 1.54) is 11.3 Å². The molecule has 0 saturated heterocycles. The molecule has 1 aromatic carbocycles. The molecule has 2 N–H and O–H groups in total. The average molecular weight is 429 g/mol. The second-order valence-electron chi connectivity index (χ2n) is 5.77. The zero-order valence-corrected chi connectivity index (χ0v) is 16.7. The lowest BCUT2D eigenvalue weighted by molar-refractivity contribution is -0.116. The molecular weight excluding hydrogens is 416 g/mol. The van der Waals surface area contributed by atoms with E-state index in [4.69, 9.17) is 23.8 Å². The smallest absolute Gasteiger partial charge is 0.246 e. The van der Waals surface area contributed by atoms with Gasteiger partial charge in [0.2, 0.25) is 5.91 Å². The van der Waals surface area contributed by atoms with Crippen molar-refractivity contribution in [3.63, 3.8) is 0 Å². The summed E-state index contributed by atoms with van der Waals surface area (Å²) >= 11 is 12.6. The van der Waals surface area contributed by atoms with E-state index in [0.29, 0.717) is 20.7 Å². The molecule has 4 rings (SSSR count). The van der Waals surface area contributed by atoms with E-state index in [0.717, 1.165) is 16.8 Å². The number of benzene rings is 1. The zero-order chi connectivity index (χ0) is 19.5. The van der Waals surface area contributed by atoms with Crippen LogP contribution in [0, 0.1) is 4.77 Å². The highest BCUT2D eigenvalue weighted by Crippen LogP contribution is 2.24. The molecule has 140 valence electrons. The number of nitrogens with one attached hydrogen (secondary N) is 2. The molecule has 0 atom stereocenters. The van der Waals surface area contributed by atoms with Gasteiger partial charge >= 0.3 is 0 Å². The fourth-order valence-electron chi connectivity index (χ4n) is 2.56. The molecule has 0 radical (unpaired) electrons. The van der Waals surface area contributed by atoms with Gasteiger partial charge in [-0.2, -0.15) is 5.10 Å². The van der Waals surface area contributed by atoms with Crippen LogP contribution >= 0.6 is 35.2 Å². The molecule has 0 aliphatic rings. The summed E-state index contributed by atoms with van der Waals surface area (Å²) in [6, 6.07) is 10.9. The normalized spacial score (nSPS) is 10.8. The van der Waals surface area contributed by atoms with Crippen LogP contribution in [0.3, 0.4) is 0 Å². The highest BCUT2D eigenvalue weighted by atomic mass is 35.5. The number of halogens is 1. The van der Waals surface area contributed by atoms with Crippen LogP contribution in [0.4, 0.5) is 5.13 Å². The van der Waals surface area contributed by atoms with E-state index in [9.17, 15) is 4.79 Å². The Balaban J connectivity index is 1.51. The summed E-state index contributed by atoms with van der Waals surface area (Å²) in [5, 5.41) is 12.8. The van der Waals surface area contributed by atoms with Crippen LogP contribution in [0.2, 0.25) is 5.02 Å². The Morgan fingerprint density at radius 1 is 1.25 bits per heavy atom. The van der Waals surface area contributed by atoms with Crippen molar-refractivity contribution in [2.45, 2.75) is 6.54 Å². The lowest BCUT2D eigenvalue weighted by Crippen LogP contribution is -2.19. The molecule has 0 aliphatic heterocycles. The summed E-state index contributed by atoms with van der Waals surface area (Å²) < 4.78 is 1.99. The van der Waals surface area contributed by atoms with Crippen LogP contribution in [0.25, 0.3) is 22.6 Å². The molecule has 7 nitrogen and oxygen atoms in total. The van der Waals surface area contributed by atoms with Crippen LogP contribution in [-0.2, 0) is 11.3 Å². The van der Waals surface area contributed by atoms with Gasteiger partial charge in [-0.3, -0.25) is 19.4 Å². The Bertz CT molecular complexity index is 1170. The zero-order valence-electron chi connectivity index (χ0n) is 14.3. The minimum absolute atomic E-state index is 0.00903. The molecule has 0 aliphatic carbocycles. The highest BCUT2D eigenvalue weighted by molar-refractivity contribution is 7.71. The number of rotatable bonds is 5. The third-order valence-corrected chi connectivity index (χ3v) is 5.19. The molecule has 28 heavy (non-hydrogen) atoms. The van der Waals surface area contributed by atoms with Gasteiger partial charge < -0.3 is 5.32 Å². The number of pyridine rings is 1. The van der Waals surface area contributed by atoms with E-state index in [1.54, 1.807) is 29.1 Å². The van der Waals surface area contributed by atoms with Gasteiger partial charge in [0.25, 0.3) is 0 Å². The quantitative estimate of drug-likeness (QED) is 0.459. The summed E-state index contributed by atoms with van der Waals surface area (Å²) in [6.45, 7) is 0.00903. The average Bonchev–Trinajstić information content (AvgIpc) is 3.31. The summed E-state index contributed by atoms with van der Waals surface area (Å²) in [6.07, 6.45) is 3.43. The fraction of sp³-hybridized carbons (Fsp3) is 0.0556. The maximum Gasteiger partial charge on any atom is 0.246 e. The number of amides is 1. The SMILES string of the molecule is O=C(Cn1c(-c2ccc(Cl)cc2)n[nH]c1=S)Nc1nc(-c2cccnc2)cs1. The van der Waals surface area contributed by atoms with E-state index in [1.807, 2.05) is 29.6 Å². The Labute approximate surface area is 174 Å². The van der Waals surface area contributed by atoms with Crippen molar-refractivity contribution in [1.82, 2.24) is 24.7 Å². The predicted octanol–water partition coefficient (Wildman–Crippen LogP) is 4.42. The van der Waals surface area contributed by atoms with Crippen molar-refractivity contribution >= 4 is 46.2 Å². The van der Waals surface area contributed by atoms with E-state index >= 15 is 0 Å². The van der Waals surface area contributed by atoms with E-state index in [-0.39, 0.29) is 12.5 Å². The number of aromatic amines is 1. The molecular formula is C18H13ClN6OS2. The maximum atomic E-state index is 12.5. The first kappa shape index (κ1) is 18.5. The van der Waals surface area contributed by atoms with Gasteiger partial charge in [-0.1, -0.05) is 11.6 Å². The molecule has 0 spiro atoms. The van der Waals surface area contributed by atoms with Crippen molar-refractivity contribution in [2.24, 2.45) is 0 Å². The van der Waals surface area contributed by atoms with Gasteiger partial charge in [0.1, 0.15) is 6.54 Å². The van der Waals surface area contributed by atoms with Gasteiger partial charge in [0.05, 0.1) is 5.69 Å². The third-order valence-electron chi connectivity index (χ3n) is 3.87. The number of carbonyl (C=O) groups excluding carboxylic acids is 1. The summed E-state index contributed by atoms with van der Waals surface area (Å²) in [5.41, 5.74) is 2.45. The Morgan fingerprint density at radius 2 is 2.07 bits per heavy atom. The second-order valence-corrected chi connectivity index (χ2v) is 7.45. The van der Waals surface area contributed by atoms with Crippen molar-refractivity contribution < 1.29 is 4.79 Å². The minimum Gasteiger partial charge on any atom is -0.300 e. The van der Waals surface area contributed by atoms with Crippen LogP contribution in [-0.4, -0.2) is 30.6 Å². The van der Waals surface area contributed by atoms with E-state index < -0.39 is 0 Å². The molecule has 3 heterocycles. The molecule has 0 saturated carbocycles. The highest BCUT2D eigenvalue weighted by Gasteiger charge is 2.14. The van der Waals surface area contributed by atoms with Gasteiger partial charge in [-0.25, -0.2) is 4.98 Å². The van der Waals surface area contributed by atoms with Gasteiger partial charge in [0, 0.05) is 33.9 Å². The van der Waals surface area contributed by atoms with Gasteiger partial charge in [0.15, 0.2) is 15.7 Å². The fourth-order valence-corrected chi connectivity index (χ4v) is 3.62. The topological polar surface area (TPSA) is 88.5 Å². The second kappa shape index (κ2) is 8.01. The monoisotopic (exact) mass is 428 g/mol. The van der Waals surface area contributed by atoms with Crippen LogP contribution in [0.15, 0.2) is 54.2 Å². The Hall–Kier alpha value is -2.88. The molecule has 4 aromatic rings. The number of aromatic nitrogens is 5. The van der Waals surface area contributed by atoms with Crippen molar-refractivity contribution in [3.05, 3.63) is 64.0 Å². The van der Waals surface area contributed by atoms with Crippen molar-refractivity contribution in [1.29, 1.82) is 0 Å². The Kier molecular flexibility index (Phi) is 5.29. The van der Waals surface area contributed by atoms with Crippen molar-refractivity contribution in [3.8, 4) is 22.6 Å². The number of hydrogen-bond donors (Lipinski definition) is 2. The number of carbonyl (C=O) groups is 1. The number of thiazole rings is 1. The summed E-state index contributed by atoms with van der Waals surface area (Å²) in [7, 11) is 0. The molecule has 1 amide bonds. The van der Waals surface area contributed by atoms with Crippen LogP contribution in [0.1, 0.15) is 0 Å². The van der Waals surface area contributed by atoms with Crippen LogP contribution < -0.4 is 5.32 Å². The molecule has 3 aromatic heterocycles. The molecule has 10 heteroatoms. The lowest BCUT2D eigenvalue weighted by atomic mass is 10.2. The number of nitrogens with zero attached hydrogens (tertiary/aromatic N) is 4. The maximum absolute atomic E-state index is 12.5. The Morgan fingerprint density at radius 3 is 2.82 bits per heavy atom. The van der Waals surface area contributed by atoms with E-state index in [2.05, 4.69) is 25.5 Å². The summed E-state index contributed by atoms with van der Waals surface area (Å²) in [5.74, 6) is 0.312. The lowest BCUT2D eigenvalue weighted by Gasteiger charge is -2.07. The molecule has 0 fully saturated rings. The number of H-pyrrole nitrogens is 1.